The first-order valence-corrected chi connectivity index (χ1v) is 5.55. The molecule has 1 unspecified atom stereocenters. The topological polar surface area (TPSA) is 36.0 Å². The van der Waals surface area contributed by atoms with Gasteiger partial charge in [0.05, 0.1) is 0 Å². The van der Waals surface area contributed by atoms with Gasteiger partial charge in [0.1, 0.15) is 5.75 Å². The number of aromatic nitrogens is 1. The zero-order valence-corrected chi connectivity index (χ0v) is 8.14. The fourth-order valence-electron chi connectivity index (χ4n) is 0.772. The van der Waals surface area contributed by atoms with Crippen molar-refractivity contribution in [1.82, 2.24) is 4.98 Å². The minimum atomic E-state index is -0.979. The van der Waals surface area contributed by atoms with Crippen LogP contribution < -0.4 is 0 Å². The third-order valence-corrected chi connectivity index (χ3v) is 2.97. The van der Waals surface area contributed by atoms with E-state index in [0.29, 0.717) is 16.7 Å². The van der Waals surface area contributed by atoms with Crippen LogP contribution in [0.2, 0.25) is 0 Å². The van der Waals surface area contributed by atoms with Crippen LogP contribution in [0.15, 0.2) is 29.4 Å². The number of halogens is 1. The normalized spacial score (nSPS) is 12.8. The standard InChI is InChI=1S/C8H10ClNOS/c9-5-3-7-12(11)8-4-1-2-6-10-8/h1-2,4,6H,3,5,7H2. The van der Waals surface area contributed by atoms with Crippen molar-refractivity contribution in [3.05, 3.63) is 24.4 Å². The molecular weight excluding hydrogens is 194 g/mol. The Morgan fingerprint density at radius 2 is 2.33 bits per heavy atom. The van der Waals surface area contributed by atoms with Gasteiger partial charge in [0, 0.05) is 35.7 Å². The molecule has 1 rings (SSSR count). The van der Waals surface area contributed by atoms with Crippen molar-refractivity contribution in [2.75, 3.05) is 11.6 Å². The summed E-state index contributed by atoms with van der Waals surface area (Å²) in [5.74, 6) is 1.15. The van der Waals surface area contributed by atoms with Crippen LogP contribution in [0.1, 0.15) is 6.42 Å². The van der Waals surface area contributed by atoms with Crippen LogP contribution in [0.5, 0.6) is 0 Å². The summed E-state index contributed by atoms with van der Waals surface area (Å²) in [4.78, 5) is 3.99. The monoisotopic (exact) mass is 203 g/mol. The molecule has 1 aromatic rings. The molecule has 0 aliphatic rings. The molecule has 0 aromatic carbocycles. The number of pyridine rings is 1. The molecule has 0 aliphatic heterocycles. The smallest absolute Gasteiger partial charge is 0.244 e. The molecule has 0 fully saturated rings. The first kappa shape index (κ1) is 9.84. The summed E-state index contributed by atoms with van der Waals surface area (Å²) in [6.45, 7) is 0. The highest BCUT2D eigenvalue weighted by Crippen LogP contribution is 2.07. The van der Waals surface area contributed by atoms with Gasteiger partial charge in [-0.3, -0.25) is 0 Å². The molecule has 2 nitrogen and oxygen atoms in total. The summed E-state index contributed by atoms with van der Waals surface area (Å²) in [7, 11) is 0. The summed E-state index contributed by atoms with van der Waals surface area (Å²) < 4.78 is 11.4. The Bertz CT molecular complexity index is 220. The molecule has 0 saturated heterocycles. The Morgan fingerprint density at radius 3 is 2.92 bits per heavy atom. The van der Waals surface area contributed by atoms with E-state index >= 15 is 0 Å². The van der Waals surface area contributed by atoms with E-state index in [1.165, 1.54) is 0 Å². The number of nitrogens with zero attached hydrogens (tertiary/aromatic N) is 1. The maximum Gasteiger partial charge on any atom is 0.244 e. The zero-order valence-electron chi connectivity index (χ0n) is 6.57. The van der Waals surface area contributed by atoms with Crippen molar-refractivity contribution in [2.45, 2.75) is 11.4 Å². The van der Waals surface area contributed by atoms with Crippen LogP contribution in [0.3, 0.4) is 0 Å². The van der Waals surface area contributed by atoms with Crippen LogP contribution in [-0.4, -0.2) is 21.2 Å². The molecule has 1 atom stereocenters. The van der Waals surface area contributed by atoms with E-state index in [1.807, 2.05) is 12.1 Å². The summed E-state index contributed by atoms with van der Waals surface area (Å²) in [5.41, 5.74) is 0. The van der Waals surface area contributed by atoms with Crippen LogP contribution >= 0.6 is 11.6 Å². The maximum absolute atomic E-state index is 11.4. The van der Waals surface area contributed by atoms with E-state index in [1.54, 1.807) is 12.3 Å². The Labute approximate surface area is 80.1 Å². The third-order valence-electron chi connectivity index (χ3n) is 1.33. The molecule has 4 heteroatoms. The lowest BCUT2D eigenvalue weighted by Gasteiger charge is -2.06. The Kier molecular flexibility index (Phi) is 4.43. The molecule has 1 heterocycles. The van der Waals surface area contributed by atoms with Crippen molar-refractivity contribution >= 4 is 22.8 Å². The number of hydrogen-bond acceptors (Lipinski definition) is 2. The van der Waals surface area contributed by atoms with Crippen molar-refractivity contribution in [1.29, 1.82) is 0 Å². The lowest BCUT2D eigenvalue weighted by Crippen LogP contribution is -2.08. The van der Waals surface area contributed by atoms with Crippen molar-refractivity contribution in [3.8, 4) is 0 Å². The van der Waals surface area contributed by atoms with E-state index < -0.39 is 11.2 Å². The first-order valence-electron chi connectivity index (χ1n) is 3.70. The summed E-state index contributed by atoms with van der Waals surface area (Å²) in [6.07, 6.45) is 2.42. The molecule has 12 heavy (non-hydrogen) atoms. The lowest BCUT2D eigenvalue weighted by molar-refractivity contribution is 0.590. The molecule has 0 saturated carbocycles. The van der Waals surface area contributed by atoms with Crippen LogP contribution in [0.25, 0.3) is 0 Å². The van der Waals surface area contributed by atoms with Gasteiger partial charge in [0.15, 0.2) is 0 Å². The van der Waals surface area contributed by atoms with Crippen molar-refractivity contribution in [3.63, 3.8) is 0 Å². The van der Waals surface area contributed by atoms with Gasteiger partial charge in [-0.05, 0) is 6.07 Å². The highest BCUT2D eigenvalue weighted by molar-refractivity contribution is 7.91. The van der Waals surface area contributed by atoms with Gasteiger partial charge in [-0.15, -0.1) is 11.6 Å². The van der Waals surface area contributed by atoms with E-state index in [2.05, 4.69) is 4.98 Å². The highest BCUT2D eigenvalue weighted by Gasteiger charge is 2.09. The minimum Gasteiger partial charge on any atom is -0.610 e. The molecule has 0 spiro atoms. The number of hydrogen-bond donors (Lipinski definition) is 0. The zero-order chi connectivity index (χ0) is 8.81. The van der Waals surface area contributed by atoms with Gasteiger partial charge in [-0.25, -0.2) is 4.98 Å². The second kappa shape index (κ2) is 5.41. The SMILES string of the molecule is [O-][S+](CCCCl)c1ccccn1. The average molecular weight is 204 g/mol. The van der Waals surface area contributed by atoms with Gasteiger partial charge in [-0.1, -0.05) is 6.07 Å². The van der Waals surface area contributed by atoms with Crippen molar-refractivity contribution < 1.29 is 4.55 Å². The Hall–Kier alpha value is -0.250. The Morgan fingerprint density at radius 1 is 1.50 bits per heavy atom. The fourth-order valence-corrected chi connectivity index (χ4v) is 2.09. The molecule has 0 amide bonds. The first-order chi connectivity index (χ1) is 5.84. The molecule has 0 bridgehead atoms. The molecular formula is C8H10ClNOS. The average Bonchev–Trinajstić information content (AvgIpc) is 2.15. The highest BCUT2D eigenvalue weighted by atomic mass is 35.5. The second-order valence-corrected chi connectivity index (χ2v) is 4.16. The molecule has 0 radical (unpaired) electrons. The number of rotatable bonds is 4. The molecule has 1 aromatic heterocycles. The molecule has 0 aliphatic carbocycles. The summed E-state index contributed by atoms with van der Waals surface area (Å²) in [6, 6.07) is 5.41. The van der Waals surface area contributed by atoms with Gasteiger partial charge < -0.3 is 4.55 Å². The Balaban J connectivity index is 2.48. The molecule has 0 N–H and O–H groups in total. The minimum absolute atomic E-state index is 0.554. The maximum atomic E-state index is 11.4. The van der Waals surface area contributed by atoms with E-state index in [0.717, 1.165) is 6.42 Å². The lowest BCUT2D eigenvalue weighted by atomic mass is 10.5. The quantitative estimate of drug-likeness (QED) is 0.553. The largest absolute Gasteiger partial charge is 0.610 e. The van der Waals surface area contributed by atoms with Crippen LogP contribution in [0.4, 0.5) is 0 Å². The predicted octanol–water partition coefficient (Wildman–Crippen LogP) is 1.82. The van der Waals surface area contributed by atoms with E-state index in [-0.39, 0.29) is 0 Å². The van der Waals surface area contributed by atoms with Crippen molar-refractivity contribution in [2.24, 2.45) is 0 Å². The number of alkyl halides is 1. The predicted molar refractivity (Wildman–Crippen MR) is 50.8 cm³/mol. The van der Waals surface area contributed by atoms with Gasteiger partial charge in [0.2, 0.25) is 5.03 Å². The molecule has 66 valence electrons. The third kappa shape index (κ3) is 3.01. The van der Waals surface area contributed by atoms with Gasteiger partial charge in [-0.2, -0.15) is 0 Å². The van der Waals surface area contributed by atoms with Crippen LogP contribution in [0, 0.1) is 0 Å². The fraction of sp³-hybridized carbons (Fsp3) is 0.375. The van der Waals surface area contributed by atoms with Gasteiger partial charge in [0.25, 0.3) is 0 Å². The van der Waals surface area contributed by atoms with Crippen LogP contribution in [-0.2, 0) is 11.2 Å². The summed E-state index contributed by atoms with van der Waals surface area (Å²) >= 11 is 4.50. The van der Waals surface area contributed by atoms with E-state index in [4.69, 9.17) is 11.6 Å². The van der Waals surface area contributed by atoms with E-state index in [9.17, 15) is 4.55 Å². The summed E-state index contributed by atoms with van der Waals surface area (Å²) in [5, 5.41) is 0.641. The second-order valence-electron chi connectivity index (χ2n) is 2.26. The van der Waals surface area contributed by atoms with Gasteiger partial charge >= 0.3 is 0 Å².